The van der Waals surface area contributed by atoms with Gasteiger partial charge in [0.05, 0.1) is 0 Å². The van der Waals surface area contributed by atoms with Crippen molar-refractivity contribution in [2.75, 3.05) is 26.2 Å². The lowest BCUT2D eigenvalue weighted by molar-refractivity contribution is -0.132. The van der Waals surface area contributed by atoms with Gasteiger partial charge in [0.1, 0.15) is 0 Å². The Labute approximate surface area is 134 Å². The highest BCUT2D eigenvalue weighted by atomic mass is 16.2. The third-order valence-electron chi connectivity index (χ3n) is 5.36. The fourth-order valence-corrected chi connectivity index (χ4v) is 3.95. The van der Waals surface area contributed by atoms with Gasteiger partial charge in [-0.3, -0.25) is 4.79 Å². The van der Waals surface area contributed by atoms with Gasteiger partial charge in [-0.25, -0.2) is 0 Å². The summed E-state index contributed by atoms with van der Waals surface area (Å²) in [5.41, 5.74) is 1.34. The minimum absolute atomic E-state index is 0.360. The quantitative estimate of drug-likeness (QED) is 0.907. The monoisotopic (exact) mass is 300 g/mol. The van der Waals surface area contributed by atoms with Crippen molar-refractivity contribution >= 4 is 5.91 Å². The number of hydrogen-bond acceptors (Lipinski definition) is 2. The lowest BCUT2D eigenvalue weighted by Gasteiger charge is -2.34. The Bertz CT molecular complexity index is 460. The fraction of sp³-hybridized carbons (Fsp3) is 0.632. The average Bonchev–Trinajstić information content (AvgIpc) is 3.10. The van der Waals surface area contributed by atoms with Crippen LogP contribution in [0.1, 0.15) is 37.7 Å². The SMILES string of the molecule is O=C(CCCc1ccccc1)N1CCC(C2CCNC2)CC1. The van der Waals surface area contributed by atoms with Gasteiger partial charge in [-0.15, -0.1) is 0 Å². The van der Waals surface area contributed by atoms with Crippen LogP contribution in [-0.2, 0) is 11.2 Å². The molecule has 2 heterocycles. The maximum atomic E-state index is 12.3. The standard InChI is InChI=1S/C19H28N2O/c22-19(8-4-7-16-5-2-1-3-6-16)21-13-10-17(11-14-21)18-9-12-20-15-18/h1-3,5-6,17-18,20H,4,7-15H2. The summed E-state index contributed by atoms with van der Waals surface area (Å²) in [7, 11) is 0. The second-order valence-electron chi connectivity index (χ2n) is 6.81. The Morgan fingerprint density at radius 2 is 1.86 bits per heavy atom. The van der Waals surface area contributed by atoms with Crippen molar-refractivity contribution in [3.63, 3.8) is 0 Å². The number of benzene rings is 1. The van der Waals surface area contributed by atoms with Crippen molar-refractivity contribution in [1.82, 2.24) is 10.2 Å². The van der Waals surface area contributed by atoms with E-state index in [1.54, 1.807) is 0 Å². The first kappa shape index (κ1) is 15.5. The van der Waals surface area contributed by atoms with Gasteiger partial charge in [-0.1, -0.05) is 30.3 Å². The summed E-state index contributed by atoms with van der Waals surface area (Å²) in [4.78, 5) is 14.4. The van der Waals surface area contributed by atoms with Crippen molar-refractivity contribution in [1.29, 1.82) is 0 Å². The molecule has 0 radical (unpaired) electrons. The highest BCUT2D eigenvalue weighted by Crippen LogP contribution is 2.29. The van der Waals surface area contributed by atoms with Gasteiger partial charge in [-0.05, 0) is 62.6 Å². The Morgan fingerprint density at radius 1 is 1.09 bits per heavy atom. The van der Waals surface area contributed by atoms with Gasteiger partial charge >= 0.3 is 0 Å². The molecule has 2 aliphatic heterocycles. The highest BCUT2D eigenvalue weighted by Gasteiger charge is 2.29. The first-order chi connectivity index (χ1) is 10.8. The number of rotatable bonds is 5. The lowest BCUT2D eigenvalue weighted by Crippen LogP contribution is -2.40. The number of piperidine rings is 1. The molecule has 0 bridgehead atoms. The number of carbonyl (C=O) groups excluding carboxylic acids is 1. The van der Waals surface area contributed by atoms with Crippen molar-refractivity contribution in [3.05, 3.63) is 35.9 Å². The van der Waals surface area contributed by atoms with Crippen LogP contribution in [0.15, 0.2) is 30.3 Å². The molecule has 1 amide bonds. The summed E-state index contributed by atoms with van der Waals surface area (Å²) >= 11 is 0. The van der Waals surface area contributed by atoms with E-state index in [4.69, 9.17) is 0 Å². The van der Waals surface area contributed by atoms with E-state index < -0.39 is 0 Å². The molecule has 1 atom stereocenters. The molecule has 0 aromatic heterocycles. The topological polar surface area (TPSA) is 32.3 Å². The van der Waals surface area contributed by atoms with Crippen LogP contribution in [0.25, 0.3) is 0 Å². The van der Waals surface area contributed by atoms with Gasteiger partial charge in [0, 0.05) is 19.5 Å². The van der Waals surface area contributed by atoms with Crippen molar-refractivity contribution in [2.24, 2.45) is 11.8 Å². The number of nitrogens with one attached hydrogen (secondary N) is 1. The summed E-state index contributed by atoms with van der Waals surface area (Å²) in [6.45, 7) is 4.33. The predicted octanol–water partition coefficient (Wildman–Crippen LogP) is 2.86. The van der Waals surface area contributed by atoms with Gasteiger partial charge in [0.25, 0.3) is 0 Å². The fourth-order valence-electron chi connectivity index (χ4n) is 3.95. The number of nitrogens with zero attached hydrogens (tertiary/aromatic N) is 1. The average molecular weight is 300 g/mol. The number of amides is 1. The minimum atomic E-state index is 0.360. The van der Waals surface area contributed by atoms with Crippen molar-refractivity contribution in [3.8, 4) is 0 Å². The molecule has 120 valence electrons. The van der Waals surface area contributed by atoms with E-state index in [0.717, 1.165) is 37.8 Å². The molecule has 3 heteroatoms. The molecule has 1 N–H and O–H groups in total. The number of aryl methyl sites for hydroxylation is 1. The number of hydrogen-bond donors (Lipinski definition) is 1. The maximum absolute atomic E-state index is 12.3. The normalized spacial score (nSPS) is 22.9. The molecule has 2 aliphatic rings. The largest absolute Gasteiger partial charge is 0.343 e. The van der Waals surface area contributed by atoms with Crippen LogP contribution in [0, 0.1) is 11.8 Å². The first-order valence-electron chi connectivity index (χ1n) is 8.85. The number of likely N-dealkylation sites (tertiary alicyclic amines) is 1. The van der Waals surface area contributed by atoms with E-state index in [2.05, 4.69) is 34.5 Å². The van der Waals surface area contributed by atoms with Gasteiger partial charge in [-0.2, -0.15) is 0 Å². The zero-order valence-electron chi connectivity index (χ0n) is 13.5. The highest BCUT2D eigenvalue weighted by molar-refractivity contribution is 5.76. The van der Waals surface area contributed by atoms with Gasteiger partial charge in [0.2, 0.25) is 5.91 Å². The third kappa shape index (κ3) is 4.10. The van der Waals surface area contributed by atoms with E-state index in [-0.39, 0.29) is 0 Å². The lowest BCUT2D eigenvalue weighted by atomic mass is 9.83. The number of carbonyl (C=O) groups is 1. The van der Waals surface area contributed by atoms with Gasteiger partial charge < -0.3 is 10.2 Å². The molecule has 2 saturated heterocycles. The molecule has 1 unspecified atom stereocenters. The summed E-state index contributed by atoms with van der Waals surface area (Å²) < 4.78 is 0. The minimum Gasteiger partial charge on any atom is -0.343 e. The summed E-state index contributed by atoms with van der Waals surface area (Å²) in [6.07, 6.45) is 6.42. The molecule has 0 aliphatic carbocycles. The molecule has 22 heavy (non-hydrogen) atoms. The van der Waals surface area contributed by atoms with Crippen LogP contribution in [-0.4, -0.2) is 37.0 Å². The van der Waals surface area contributed by atoms with E-state index in [1.807, 2.05) is 6.07 Å². The van der Waals surface area contributed by atoms with E-state index in [0.29, 0.717) is 12.3 Å². The third-order valence-corrected chi connectivity index (χ3v) is 5.36. The van der Waals surface area contributed by atoms with Crippen LogP contribution in [0.2, 0.25) is 0 Å². The van der Waals surface area contributed by atoms with Crippen LogP contribution in [0.4, 0.5) is 0 Å². The summed E-state index contributed by atoms with van der Waals surface area (Å²) in [6, 6.07) is 10.5. The Hall–Kier alpha value is -1.35. The second kappa shape index (κ2) is 7.77. The van der Waals surface area contributed by atoms with E-state index in [1.165, 1.54) is 37.9 Å². The Balaban J connectivity index is 1.36. The molecule has 1 aromatic carbocycles. The molecular formula is C19H28N2O. The van der Waals surface area contributed by atoms with Crippen LogP contribution < -0.4 is 5.32 Å². The summed E-state index contributed by atoms with van der Waals surface area (Å²) in [5, 5.41) is 3.47. The molecular weight excluding hydrogens is 272 g/mol. The van der Waals surface area contributed by atoms with E-state index in [9.17, 15) is 4.79 Å². The Kier molecular flexibility index (Phi) is 5.49. The molecule has 0 saturated carbocycles. The smallest absolute Gasteiger partial charge is 0.222 e. The first-order valence-corrected chi connectivity index (χ1v) is 8.85. The molecule has 3 nitrogen and oxygen atoms in total. The zero-order chi connectivity index (χ0) is 15.2. The zero-order valence-corrected chi connectivity index (χ0v) is 13.5. The van der Waals surface area contributed by atoms with Crippen molar-refractivity contribution < 1.29 is 4.79 Å². The maximum Gasteiger partial charge on any atom is 0.222 e. The van der Waals surface area contributed by atoms with Gasteiger partial charge in [0.15, 0.2) is 0 Å². The van der Waals surface area contributed by atoms with Crippen LogP contribution >= 0.6 is 0 Å². The summed E-state index contributed by atoms with van der Waals surface area (Å²) in [5.74, 6) is 2.05. The molecule has 0 spiro atoms. The molecule has 1 aromatic rings. The van der Waals surface area contributed by atoms with E-state index >= 15 is 0 Å². The molecule has 2 fully saturated rings. The Morgan fingerprint density at radius 3 is 2.55 bits per heavy atom. The second-order valence-corrected chi connectivity index (χ2v) is 6.81. The van der Waals surface area contributed by atoms with Crippen LogP contribution in [0.3, 0.4) is 0 Å². The molecule has 3 rings (SSSR count). The predicted molar refractivity (Wildman–Crippen MR) is 89.7 cm³/mol. The van der Waals surface area contributed by atoms with Crippen LogP contribution in [0.5, 0.6) is 0 Å². The van der Waals surface area contributed by atoms with Crippen molar-refractivity contribution in [2.45, 2.75) is 38.5 Å².